The van der Waals surface area contributed by atoms with Crippen LogP contribution in [0.25, 0.3) is 5.65 Å². The minimum absolute atomic E-state index is 0.0569. The molecule has 128 valence electrons. The van der Waals surface area contributed by atoms with Gasteiger partial charge in [0.25, 0.3) is 5.88 Å². The third-order valence-electron chi connectivity index (χ3n) is 5.06. The molecule has 2 aliphatic rings. The average Bonchev–Trinajstić information content (AvgIpc) is 3.16. The highest BCUT2D eigenvalue weighted by atomic mass is 16.5. The van der Waals surface area contributed by atoms with Gasteiger partial charge in [0.05, 0.1) is 24.0 Å². The summed E-state index contributed by atoms with van der Waals surface area (Å²) >= 11 is 0. The number of imidazole rings is 1. The number of carboxylic acid groups (broad SMARTS) is 1. The summed E-state index contributed by atoms with van der Waals surface area (Å²) in [6, 6.07) is 0. The van der Waals surface area contributed by atoms with Crippen molar-refractivity contribution >= 4 is 11.6 Å². The second-order valence-corrected chi connectivity index (χ2v) is 7.46. The zero-order chi connectivity index (χ0) is 17.1. The Hall–Kier alpha value is -2.15. The van der Waals surface area contributed by atoms with Gasteiger partial charge in [0, 0.05) is 17.8 Å². The summed E-state index contributed by atoms with van der Waals surface area (Å²) in [6.45, 7) is 6.56. The molecule has 0 amide bonds. The molecule has 7 heteroatoms. The number of carbonyl (C=O) groups is 1. The van der Waals surface area contributed by atoms with Crippen LogP contribution in [0.2, 0.25) is 0 Å². The first-order valence-electron chi connectivity index (χ1n) is 8.24. The van der Waals surface area contributed by atoms with Gasteiger partial charge in [-0.3, -0.25) is 4.40 Å². The monoisotopic (exact) mass is 331 g/mol. The Kier molecular flexibility index (Phi) is 3.16. The molecule has 2 aromatic heterocycles. The van der Waals surface area contributed by atoms with Crippen molar-refractivity contribution in [3.8, 4) is 5.88 Å². The van der Waals surface area contributed by atoms with Crippen molar-refractivity contribution in [2.75, 3.05) is 6.61 Å². The third-order valence-corrected chi connectivity index (χ3v) is 5.06. The number of rotatable bonds is 4. The largest absolute Gasteiger partial charge is 0.476 e. The van der Waals surface area contributed by atoms with Crippen LogP contribution in [0.15, 0.2) is 12.4 Å². The van der Waals surface area contributed by atoms with Crippen LogP contribution in [0.5, 0.6) is 5.88 Å². The average molecular weight is 331 g/mol. The van der Waals surface area contributed by atoms with E-state index in [4.69, 9.17) is 14.5 Å². The van der Waals surface area contributed by atoms with Crippen LogP contribution < -0.4 is 4.74 Å². The van der Waals surface area contributed by atoms with E-state index in [0.29, 0.717) is 12.3 Å². The third kappa shape index (κ3) is 2.26. The predicted octanol–water partition coefficient (Wildman–Crippen LogP) is 2.43. The normalized spacial score (nSPS) is 28.8. The Morgan fingerprint density at radius 1 is 1.38 bits per heavy atom. The number of aromatic carboxylic acids is 1. The molecule has 1 aliphatic heterocycles. The highest BCUT2D eigenvalue weighted by Crippen LogP contribution is 2.53. The molecule has 2 unspecified atom stereocenters. The summed E-state index contributed by atoms with van der Waals surface area (Å²) in [5.74, 6) is -0.830. The SMILES string of the molecule is CC(C)Oc1nc(C(=O)O)cn2cc(C34CCC(C)(C3)OC4)nc12. The van der Waals surface area contributed by atoms with Gasteiger partial charge in [0.1, 0.15) is 0 Å². The Morgan fingerprint density at radius 2 is 2.17 bits per heavy atom. The van der Waals surface area contributed by atoms with Crippen molar-refractivity contribution in [1.29, 1.82) is 0 Å². The molecule has 0 spiro atoms. The Labute approximate surface area is 139 Å². The van der Waals surface area contributed by atoms with E-state index < -0.39 is 5.97 Å². The van der Waals surface area contributed by atoms with Gasteiger partial charge in [-0.25, -0.2) is 14.8 Å². The molecule has 2 bridgehead atoms. The van der Waals surface area contributed by atoms with E-state index in [1.165, 1.54) is 6.20 Å². The molecule has 2 atom stereocenters. The Bertz CT molecular complexity index is 819. The van der Waals surface area contributed by atoms with Crippen molar-refractivity contribution in [3.05, 3.63) is 23.8 Å². The zero-order valence-electron chi connectivity index (χ0n) is 14.1. The summed E-state index contributed by atoms with van der Waals surface area (Å²) in [5, 5.41) is 9.29. The van der Waals surface area contributed by atoms with Crippen LogP contribution in [-0.2, 0) is 10.2 Å². The minimum Gasteiger partial charge on any atom is -0.476 e. The quantitative estimate of drug-likeness (QED) is 0.926. The van der Waals surface area contributed by atoms with Gasteiger partial charge in [0.15, 0.2) is 5.69 Å². The molecular weight excluding hydrogens is 310 g/mol. The van der Waals surface area contributed by atoms with E-state index in [9.17, 15) is 9.90 Å². The van der Waals surface area contributed by atoms with E-state index in [1.807, 2.05) is 20.0 Å². The maximum Gasteiger partial charge on any atom is 0.356 e. The molecule has 1 N–H and O–H groups in total. The van der Waals surface area contributed by atoms with Crippen molar-refractivity contribution in [1.82, 2.24) is 14.4 Å². The second-order valence-electron chi connectivity index (χ2n) is 7.46. The summed E-state index contributed by atoms with van der Waals surface area (Å²) in [5.41, 5.74) is 1.29. The van der Waals surface area contributed by atoms with Crippen LogP contribution in [-0.4, -0.2) is 43.8 Å². The predicted molar refractivity (Wildman–Crippen MR) is 85.6 cm³/mol. The van der Waals surface area contributed by atoms with E-state index in [-0.39, 0.29) is 28.7 Å². The maximum atomic E-state index is 11.3. The molecule has 4 rings (SSSR count). The summed E-state index contributed by atoms with van der Waals surface area (Å²) in [7, 11) is 0. The van der Waals surface area contributed by atoms with E-state index in [0.717, 1.165) is 25.0 Å². The molecule has 7 nitrogen and oxygen atoms in total. The number of hydrogen-bond donors (Lipinski definition) is 1. The van der Waals surface area contributed by atoms with Gasteiger partial charge in [-0.1, -0.05) is 0 Å². The van der Waals surface area contributed by atoms with Gasteiger partial charge in [-0.15, -0.1) is 0 Å². The summed E-state index contributed by atoms with van der Waals surface area (Å²) < 4.78 is 13.4. The van der Waals surface area contributed by atoms with E-state index >= 15 is 0 Å². The highest BCUT2D eigenvalue weighted by molar-refractivity contribution is 5.85. The van der Waals surface area contributed by atoms with Crippen LogP contribution in [0.4, 0.5) is 0 Å². The molecule has 1 saturated carbocycles. The van der Waals surface area contributed by atoms with Crippen LogP contribution in [0.1, 0.15) is 56.2 Å². The number of nitrogens with zero attached hydrogens (tertiary/aromatic N) is 3. The summed E-state index contributed by atoms with van der Waals surface area (Å²) in [6.07, 6.45) is 6.28. The number of carboxylic acids is 1. The lowest BCUT2D eigenvalue weighted by Crippen LogP contribution is -2.26. The van der Waals surface area contributed by atoms with Crippen molar-refractivity contribution in [2.24, 2.45) is 0 Å². The standard InChI is InChI=1S/C17H21N3O4/c1-10(2)24-14-13-19-12(7-20(13)6-11(18-14)15(21)22)17-5-4-16(3,8-17)23-9-17/h6-7,10H,4-5,8-9H2,1-3H3,(H,21,22). The van der Waals surface area contributed by atoms with Crippen LogP contribution >= 0.6 is 0 Å². The Morgan fingerprint density at radius 3 is 2.71 bits per heavy atom. The van der Waals surface area contributed by atoms with Crippen molar-refractivity contribution in [3.63, 3.8) is 0 Å². The fourth-order valence-electron chi connectivity index (χ4n) is 3.88. The van der Waals surface area contributed by atoms with Crippen molar-refractivity contribution in [2.45, 2.75) is 57.2 Å². The molecule has 1 aliphatic carbocycles. The zero-order valence-corrected chi connectivity index (χ0v) is 14.1. The van der Waals surface area contributed by atoms with Crippen LogP contribution in [0.3, 0.4) is 0 Å². The lowest BCUT2D eigenvalue weighted by molar-refractivity contribution is -0.00627. The van der Waals surface area contributed by atoms with E-state index in [1.54, 1.807) is 4.40 Å². The topological polar surface area (TPSA) is 86.0 Å². The number of aromatic nitrogens is 3. The maximum absolute atomic E-state index is 11.3. The molecule has 2 aromatic rings. The van der Waals surface area contributed by atoms with Gasteiger partial charge in [0.2, 0.25) is 5.65 Å². The molecular formula is C17H21N3O4. The molecule has 0 aromatic carbocycles. The molecule has 2 fully saturated rings. The molecule has 0 radical (unpaired) electrons. The molecule has 3 heterocycles. The number of hydrogen-bond acceptors (Lipinski definition) is 5. The first kappa shape index (κ1) is 15.4. The first-order chi connectivity index (χ1) is 11.3. The number of fused-ring (bicyclic) bond motifs is 3. The lowest BCUT2D eigenvalue weighted by atomic mass is 9.84. The highest BCUT2D eigenvalue weighted by Gasteiger charge is 2.55. The summed E-state index contributed by atoms with van der Waals surface area (Å²) in [4.78, 5) is 20.2. The smallest absolute Gasteiger partial charge is 0.356 e. The van der Waals surface area contributed by atoms with Gasteiger partial charge in [-0.05, 0) is 40.0 Å². The second kappa shape index (κ2) is 4.92. The fraction of sp³-hybridized carbons (Fsp3) is 0.588. The van der Waals surface area contributed by atoms with E-state index in [2.05, 4.69) is 11.9 Å². The van der Waals surface area contributed by atoms with Gasteiger partial charge in [-0.2, -0.15) is 0 Å². The Balaban J connectivity index is 1.84. The van der Waals surface area contributed by atoms with Gasteiger partial charge < -0.3 is 14.6 Å². The number of ether oxygens (including phenoxy) is 2. The lowest BCUT2D eigenvalue weighted by Gasteiger charge is -2.24. The van der Waals surface area contributed by atoms with Gasteiger partial charge >= 0.3 is 5.97 Å². The van der Waals surface area contributed by atoms with Crippen LogP contribution in [0, 0.1) is 0 Å². The van der Waals surface area contributed by atoms with Crippen molar-refractivity contribution < 1.29 is 19.4 Å². The molecule has 24 heavy (non-hydrogen) atoms. The molecule has 1 saturated heterocycles. The fourth-order valence-corrected chi connectivity index (χ4v) is 3.88. The minimum atomic E-state index is -1.09. The first-order valence-corrected chi connectivity index (χ1v) is 8.24.